The van der Waals surface area contributed by atoms with E-state index in [1.165, 1.54) is 34.5 Å². The molecule has 1 unspecified atom stereocenters. The number of benzene rings is 2. The number of carbonyl (C=O) groups is 1. The summed E-state index contributed by atoms with van der Waals surface area (Å²) in [4.78, 5) is 17.1. The summed E-state index contributed by atoms with van der Waals surface area (Å²) in [5.41, 5.74) is 8.37. The van der Waals surface area contributed by atoms with Crippen molar-refractivity contribution in [2.45, 2.75) is 51.1 Å². The van der Waals surface area contributed by atoms with Gasteiger partial charge in [-0.05, 0) is 66.6 Å². The van der Waals surface area contributed by atoms with E-state index in [9.17, 15) is 9.18 Å². The van der Waals surface area contributed by atoms with Crippen molar-refractivity contribution in [1.29, 1.82) is 0 Å². The summed E-state index contributed by atoms with van der Waals surface area (Å²) in [6.45, 7) is 2.70. The maximum atomic E-state index is 13.5. The Labute approximate surface area is 228 Å². The van der Waals surface area contributed by atoms with Crippen LogP contribution in [0.15, 0.2) is 96.5 Å². The number of hydrogen-bond donors (Lipinski definition) is 2. The highest BCUT2D eigenvalue weighted by atomic mass is 19.1. The fraction of sp³-hybridized carbons (Fsp3) is 0.281. The van der Waals surface area contributed by atoms with E-state index in [2.05, 4.69) is 34.7 Å². The number of pyridine rings is 1. The van der Waals surface area contributed by atoms with Crippen LogP contribution < -0.4 is 10.6 Å². The fourth-order valence-corrected chi connectivity index (χ4v) is 6.27. The second-order valence-corrected chi connectivity index (χ2v) is 10.5. The van der Waals surface area contributed by atoms with Crippen LogP contribution in [-0.4, -0.2) is 20.8 Å². The van der Waals surface area contributed by atoms with Gasteiger partial charge in [0.25, 0.3) is 0 Å². The van der Waals surface area contributed by atoms with Crippen LogP contribution in [0.25, 0.3) is 5.69 Å². The minimum Gasteiger partial charge on any atom is -0.334 e. The second kappa shape index (κ2) is 10.8. The molecule has 2 aliphatic carbocycles. The van der Waals surface area contributed by atoms with Gasteiger partial charge in [-0.1, -0.05) is 54.5 Å². The van der Waals surface area contributed by atoms with Gasteiger partial charge < -0.3 is 10.6 Å². The minimum absolute atomic E-state index is 0.104. The predicted octanol–water partition coefficient (Wildman–Crippen LogP) is 6.40. The average Bonchev–Trinajstić information content (AvgIpc) is 3.58. The molecule has 2 heterocycles. The highest BCUT2D eigenvalue weighted by Crippen LogP contribution is 2.49. The van der Waals surface area contributed by atoms with Gasteiger partial charge in [-0.15, -0.1) is 0 Å². The second-order valence-electron chi connectivity index (χ2n) is 10.5. The van der Waals surface area contributed by atoms with E-state index in [-0.39, 0.29) is 23.8 Å². The van der Waals surface area contributed by atoms with E-state index in [1.54, 1.807) is 24.5 Å². The number of rotatable bonds is 7. The van der Waals surface area contributed by atoms with Crippen molar-refractivity contribution in [2.24, 2.45) is 5.92 Å². The first-order chi connectivity index (χ1) is 19.1. The standard InChI is InChI=1S/C32H32FN5O/c1-21-28-20-36-38(27-13-11-26(33)12-14-27)30(28)17-25-10-9-24(31(21)25)16-29(23-7-3-2-4-8-23)37-32(39)35-19-22-6-5-15-34-18-22/h2-8,11-15,18,20-21,24,29H,9-10,16-17,19H2,1H3,(H2,35,37,39)/t21-,24+,29?/m0/s1. The molecule has 0 aliphatic heterocycles. The summed E-state index contributed by atoms with van der Waals surface area (Å²) in [5, 5.41) is 10.9. The average molecular weight is 522 g/mol. The third-order valence-electron chi connectivity index (χ3n) is 8.13. The maximum Gasteiger partial charge on any atom is 0.315 e. The van der Waals surface area contributed by atoms with E-state index in [0.29, 0.717) is 12.5 Å². The Hall–Kier alpha value is -4.26. The number of amides is 2. The minimum atomic E-state index is -0.246. The van der Waals surface area contributed by atoms with Crippen LogP contribution in [0.2, 0.25) is 0 Å². The maximum absolute atomic E-state index is 13.5. The molecule has 2 aliphatic rings. The lowest BCUT2D eigenvalue weighted by Crippen LogP contribution is -2.38. The Morgan fingerprint density at radius 3 is 2.67 bits per heavy atom. The van der Waals surface area contributed by atoms with E-state index in [1.807, 2.05) is 41.2 Å². The smallest absolute Gasteiger partial charge is 0.315 e. The molecule has 0 fully saturated rings. The Morgan fingerprint density at radius 1 is 1.08 bits per heavy atom. The van der Waals surface area contributed by atoms with Gasteiger partial charge in [-0.2, -0.15) is 5.10 Å². The van der Waals surface area contributed by atoms with Gasteiger partial charge in [0.1, 0.15) is 5.82 Å². The van der Waals surface area contributed by atoms with Crippen LogP contribution >= 0.6 is 0 Å². The number of nitrogens with one attached hydrogen (secondary N) is 2. The Bertz CT molecular complexity index is 1480. The number of fused-ring (bicyclic) bond motifs is 1. The molecule has 0 saturated heterocycles. The van der Waals surface area contributed by atoms with Crippen molar-refractivity contribution >= 4 is 6.03 Å². The molecule has 0 radical (unpaired) electrons. The molecular weight excluding hydrogens is 489 g/mol. The van der Waals surface area contributed by atoms with Crippen molar-refractivity contribution < 1.29 is 9.18 Å². The molecule has 198 valence electrons. The molecule has 3 atom stereocenters. The number of carbonyl (C=O) groups excluding carboxylic acids is 1. The molecule has 2 amide bonds. The highest BCUT2D eigenvalue weighted by molar-refractivity contribution is 5.74. The number of nitrogens with zero attached hydrogens (tertiary/aromatic N) is 3. The van der Waals surface area contributed by atoms with Crippen LogP contribution in [-0.2, 0) is 13.0 Å². The topological polar surface area (TPSA) is 71.8 Å². The quantitative estimate of drug-likeness (QED) is 0.276. The zero-order valence-corrected chi connectivity index (χ0v) is 22.0. The first kappa shape index (κ1) is 25.0. The number of halogens is 1. The van der Waals surface area contributed by atoms with E-state index < -0.39 is 0 Å². The molecule has 0 spiro atoms. The van der Waals surface area contributed by atoms with Crippen molar-refractivity contribution in [3.05, 3.63) is 125 Å². The molecule has 2 aromatic heterocycles. The van der Waals surface area contributed by atoms with Gasteiger partial charge in [-0.3, -0.25) is 4.98 Å². The van der Waals surface area contributed by atoms with Crippen molar-refractivity contribution in [2.75, 3.05) is 0 Å². The van der Waals surface area contributed by atoms with Gasteiger partial charge in [0, 0.05) is 36.8 Å². The van der Waals surface area contributed by atoms with Crippen molar-refractivity contribution in [1.82, 2.24) is 25.4 Å². The molecule has 6 nitrogen and oxygen atoms in total. The molecular formula is C32H32FN5O. The van der Waals surface area contributed by atoms with Crippen molar-refractivity contribution in [3.63, 3.8) is 0 Å². The summed E-state index contributed by atoms with van der Waals surface area (Å²) in [7, 11) is 0. The Kier molecular flexibility index (Phi) is 6.97. The van der Waals surface area contributed by atoms with Gasteiger partial charge >= 0.3 is 6.03 Å². The largest absolute Gasteiger partial charge is 0.334 e. The number of aromatic nitrogens is 3. The molecule has 4 aromatic rings. The first-order valence-electron chi connectivity index (χ1n) is 13.6. The molecule has 2 N–H and O–H groups in total. The van der Waals surface area contributed by atoms with E-state index in [0.717, 1.165) is 42.5 Å². The predicted molar refractivity (Wildman–Crippen MR) is 149 cm³/mol. The van der Waals surface area contributed by atoms with E-state index >= 15 is 0 Å². The Balaban J connectivity index is 1.20. The summed E-state index contributed by atoms with van der Waals surface area (Å²) >= 11 is 0. The molecule has 2 aromatic carbocycles. The lowest BCUT2D eigenvalue weighted by Gasteiger charge is -2.30. The number of urea groups is 1. The molecule has 0 saturated carbocycles. The normalized spacial score (nSPS) is 18.8. The van der Waals surface area contributed by atoms with Gasteiger partial charge in [0.15, 0.2) is 0 Å². The van der Waals surface area contributed by atoms with Gasteiger partial charge in [0.2, 0.25) is 0 Å². The molecule has 6 rings (SSSR count). The lowest BCUT2D eigenvalue weighted by molar-refractivity contribution is 0.234. The Morgan fingerprint density at radius 2 is 1.90 bits per heavy atom. The third kappa shape index (κ3) is 5.21. The van der Waals surface area contributed by atoms with Crippen LogP contribution in [0.5, 0.6) is 0 Å². The van der Waals surface area contributed by atoms with Crippen LogP contribution in [0.4, 0.5) is 9.18 Å². The summed E-state index contributed by atoms with van der Waals surface area (Å²) in [6, 6.07) is 20.3. The molecule has 0 bridgehead atoms. The van der Waals surface area contributed by atoms with Crippen molar-refractivity contribution in [3.8, 4) is 5.69 Å². The summed E-state index contributed by atoms with van der Waals surface area (Å²) in [6.07, 6.45) is 9.29. The van der Waals surface area contributed by atoms with Gasteiger partial charge in [0.05, 0.1) is 23.6 Å². The molecule has 7 heteroatoms. The SMILES string of the molecule is C[C@@H]1C2=C(CC[C@@H]2CC(NC(=O)NCc2cccnc2)c2ccccc2)Cc2c1cnn2-c1ccc(F)cc1. The zero-order valence-electron chi connectivity index (χ0n) is 22.0. The molecule has 39 heavy (non-hydrogen) atoms. The highest BCUT2D eigenvalue weighted by Gasteiger charge is 2.37. The zero-order chi connectivity index (χ0) is 26.8. The number of allylic oxidation sites excluding steroid dienone is 2. The van der Waals surface area contributed by atoms with Crippen LogP contribution in [0.1, 0.15) is 60.5 Å². The van der Waals surface area contributed by atoms with Crippen LogP contribution in [0.3, 0.4) is 0 Å². The van der Waals surface area contributed by atoms with Gasteiger partial charge in [-0.25, -0.2) is 13.9 Å². The van der Waals surface area contributed by atoms with Crippen LogP contribution in [0, 0.1) is 11.7 Å². The lowest BCUT2D eigenvalue weighted by atomic mass is 9.78. The van der Waals surface area contributed by atoms with E-state index in [4.69, 9.17) is 5.10 Å². The third-order valence-corrected chi connectivity index (χ3v) is 8.13. The fourth-order valence-electron chi connectivity index (χ4n) is 6.27. The number of hydrogen-bond acceptors (Lipinski definition) is 3. The first-order valence-corrected chi connectivity index (χ1v) is 13.6. The summed E-state index contributed by atoms with van der Waals surface area (Å²) in [5.74, 6) is 0.381. The summed E-state index contributed by atoms with van der Waals surface area (Å²) < 4.78 is 15.5. The monoisotopic (exact) mass is 521 g/mol.